The van der Waals surface area contributed by atoms with Crippen molar-refractivity contribution in [2.45, 2.75) is 42.4 Å². The van der Waals surface area contributed by atoms with Gasteiger partial charge in [-0.25, -0.2) is 22.0 Å². The minimum absolute atomic E-state index is 0.0172. The molecular weight excluding hydrogens is 596 g/mol. The van der Waals surface area contributed by atoms with E-state index in [0.717, 1.165) is 35.4 Å². The second kappa shape index (κ2) is 13.3. The molecule has 44 heavy (non-hydrogen) atoms. The molecule has 2 aliphatic rings. The maximum Gasteiger partial charge on any atom is 0.415 e. The van der Waals surface area contributed by atoms with Crippen molar-refractivity contribution in [3.05, 3.63) is 90.0 Å². The normalized spacial score (nSPS) is 18.2. The molecule has 1 heterocycles. The van der Waals surface area contributed by atoms with Crippen molar-refractivity contribution in [1.29, 1.82) is 0 Å². The van der Waals surface area contributed by atoms with Crippen molar-refractivity contribution in [3.63, 3.8) is 0 Å². The maximum absolute atomic E-state index is 13.8. The molecule has 1 aliphatic carbocycles. The third-order valence-electron chi connectivity index (χ3n) is 7.64. The topological polar surface area (TPSA) is 125 Å². The molecule has 5 rings (SSSR count). The number of aliphatic hydroxyl groups excluding tert-OH is 1. The highest BCUT2D eigenvalue weighted by Crippen LogP contribution is 2.32. The first-order valence-electron chi connectivity index (χ1n) is 14.1. The summed E-state index contributed by atoms with van der Waals surface area (Å²) in [5.74, 6) is -2.44. The zero-order chi connectivity index (χ0) is 31.4. The van der Waals surface area contributed by atoms with Gasteiger partial charge in [-0.1, -0.05) is 36.4 Å². The lowest BCUT2D eigenvalue weighted by atomic mass is 10.0. The van der Waals surface area contributed by atoms with Gasteiger partial charge in [-0.2, -0.15) is 4.31 Å². The quantitative estimate of drug-likeness (QED) is 0.297. The molecule has 2 amide bonds. The van der Waals surface area contributed by atoms with Gasteiger partial charge in [-0.3, -0.25) is 9.69 Å². The molecule has 10 nitrogen and oxygen atoms in total. The Kier molecular flexibility index (Phi) is 9.47. The van der Waals surface area contributed by atoms with Crippen LogP contribution in [0.3, 0.4) is 0 Å². The fourth-order valence-electron chi connectivity index (χ4n) is 5.00. The second-order valence-corrected chi connectivity index (χ2v) is 12.8. The van der Waals surface area contributed by atoms with Crippen LogP contribution in [0.1, 0.15) is 18.4 Å². The minimum atomic E-state index is -4.04. The van der Waals surface area contributed by atoms with Crippen molar-refractivity contribution in [2.24, 2.45) is 5.92 Å². The molecule has 0 unspecified atom stereocenters. The van der Waals surface area contributed by atoms with Crippen LogP contribution in [0.2, 0.25) is 0 Å². The van der Waals surface area contributed by atoms with E-state index in [-0.39, 0.29) is 42.6 Å². The Hall–Kier alpha value is -4.07. The molecule has 0 bridgehead atoms. The first-order chi connectivity index (χ1) is 21.0. The summed E-state index contributed by atoms with van der Waals surface area (Å²) < 4.78 is 66.3. The number of rotatable bonds is 13. The van der Waals surface area contributed by atoms with Crippen LogP contribution in [-0.4, -0.2) is 74.8 Å². The van der Waals surface area contributed by atoms with Crippen molar-refractivity contribution >= 4 is 27.7 Å². The molecule has 0 radical (unpaired) electrons. The molecule has 0 spiro atoms. The average Bonchev–Trinajstić information content (AvgIpc) is 3.76. The summed E-state index contributed by atoms with van der Waals surface area (Å²) in [5, 5.41) is 14.2. The average molecular weight is 630 g/mol. The summed E-state index contributed by atoms with van der Waals surface area (Å²) >= 11 is 0. The number of hydrogen-bond donors (Lipinski definition) is 2. The number of amides is 2. The highest BCUT2D eigenvalue weighted by molar-refractivity contribution is 7.89. The van der Waals surface area contributed by atoms with Gasteiger partial charge in [0.1, 0.15) is 5.75 Å². The van der Waals surface area contributed by atoms with Crippen LogP contribution in [0.5, 0.6) is 5.75 Å². The summed E-state index contributed by atoms with van der Waals surface area (Å²) in [6, 6.07) is 17.0. The van der Waals surface area contributed by atoms with Crippen LogP contribution < -0.4 is 15.0 Å². The van der Waals surface area contributed by atoms with Gasteiger partial charge in [-0.15, -0.1) is 0 Å². The molecule has 2 N–H and O–H groups in total. The number of nitrogens with one attached hydrogen (secondary N) is 1. The first-order valence-corrected chi connectivity index (χ1v) is 15.6. The van der Waals surface area contributed by atoms with E-state index in [1.54, 1.807) is 36.4 Å². The van der Waals surface area contributed by atoms with E-state index >= 15 is 0 Å². The van der Waals surface area contributed by atoms with Gasteiger partial charge in [0.05, 0.1) is 36.4 Å². The summed E-state index contributed by atoms with van der Waals surface area (Å²) in [7, 11) is -2.60. The number of carbonyl (C=O) groups is 2. The first kappa shape index (κ1) is 31.4. The Balaban J connectivity index is 1.35. The van der Waals surface area contributed by atoms with Gasteiger partial charge in [-0.05, 0) is 55.0 Å². The summed E-state index contributed by atoms with van der Waals surface area (Å²) in [4.78, 5) is 26.9. The van der Waals surface area contributed by atoms with Crippen molar-refractivity contribution in [2.75, 3.05) is 31.6 Å². The third-order valence-corrected chi connectivity index (χ3v) is 9.47. The van der Waals surface area contributed by atoms with Gasteiger partial charge < -0.3 is 19.9 Å². The van der Waals surface area contributed by atoms with Crippen LogP contribution in [0.25, 0.3) is 0 Å². The van der Waals surface area contributed by atoms with E-state index in [2.05, 4.69) is 5.32 Å². The number of sulfonamides is 1. The molecule has 3 atom stereocenters. The summed E-state index contributed by atoms with van der Waals surface area (Å²) in [6.07, 6.45) is -1.70. The van der Waals surface area contributed by atoms with Gasteiger partial charge in [0.25, 0.3) is 5.91 Å². The maximum atomic E-state index is 13.8. The Labute approximate surface area is 254 Å². The summed E-state index contributed by atoms with van der Waals surface area (Å²) in [5.41, 5.74) is 0.789. The smallest absolute Gasteiger partial charge is 0.415 e. The Morgan fingerprint density at radius 2 is 1.84 bits per heavy atom. The molecular formula is C31H33F2N3O7S. The number of hydrogen-bond acceptors (Lipinski definition) is 7. The second-order valence-electron chi connectivity index (χ2n) is 10.9. The van der Waals surface area contributed by atoms with Crippen LogP contribution in [0, 0.1) is 17.6 Å². The van der Waals surface area contributed by atoms with Crippen molar-refractivity contribution < 1.29 is 41.4 Å². The lowest BCUT2D eigenvalue weighted by Gasteiger charge is -2.30. The molecule has 1 saturated heterocycles. The van der Waals surface area contributed by atoms with E-state index in [9.17, 15) is 31.9 Å². The van der Waals surface area contributed by atoms with Crippen molar-refractivity contribution in [1.82, 2.24) is 9.62 Å². The SMILES string of the molecule is COc1cccc(S(=O)(=O)N(CC2CC2)C[C@@H](O)[C@H](Cc2ccccc2)NC(=O)[C@@H]2CN(c3ccc(F)c(F)c3)C(=O)O2)c1. The van der Waals surface area contributed by atoms with Crippen LogP contribution in [-0.2, 0) is 26.0 Å². The third kappa shape index (κ3) is 7.34. The molecule has 3 aromatic carbocycles. The number of benzene rings is 3. The Bertz CT molecular complexity index is 1600. The van der Waals surface area contributed by atoms with E-state index in [1.165, 1.54) is 29.6 Å². The fraction of sp³-hybridized carbons (Fsp3) is 0.355. The Morgan fingerprint density at radius 3 is 2.52 bits per heavy atom. The monoisotopic (exact) mass is 629 g/mol. The highest BCUT2D eigenvalue weighted by Gasteiger charge is 2.40. The predicted octanol–water partition coefficient (Wildman–Crippen LogP) is 3.49. The number of cyclic esters (lactones) is 1. The lowest BCUT2D eigenvalue weighted by molar-refractivity contribution is -0.129. The molecule has 234 valence electrons. The van der Waals surface area contributed by atoms with E-state index in [1.807, 2.05) is 6.07 Å². The largest absolute Gasteiger partial charge is 0.497 e. The van der Waals surface area contributed by atoms with E-state index < -0.39 is 51.9 Å². The van der Waals surface area contributed by atoms with Gasteiger partial charge in [0.2, 0.25) is 10.0 Å². The van der Waals surface area contributed by atoms with Crippen molar-refractivity contribution in [3.8, 4) is 5.75 Å². The molecule has 0 aromatic heterocycles. The Morgan fingerprint density at radius 1 is 1.09 bits per heavy atom. The number of nitrogens with zero attached hydrogens (tertiary/aromatic N) is 2. The number of aliphatic hydroxyl groups is 1. The zero-order valence-electron chi connectivity index (χ0n) is 23.9. The zero-order valence-corrected chi connectivity index (χ0v) is 24.8. The van der Waals surface area contributed by atoms with Gasteiger partial charge in [0, 0.05) is 25.2 Å². The molecule has 1 aliphatic heterocycles. The molecule has 2 fully saturated rings. The lowest BCUT2D eigenvalue weighted by Crippen LogP contribution is -2.53. The number of methoxy groups -OCH3 is 1. The molecule has 1 saturated carbocycles. The number of carbonyl (C=O) groups excluding carboxylic acids is 2. The number of halogens is 2. The fourth-order valence-corrected chi connectivity index (χ4v) is 6.57. The van der Waals surface area contributed by atoms with E-state index in [0.29, 0.717) is 5.75 Å². The minimum Gasteiger partial charge on any atom is -0.497 e. The summed E-state index contributed by atoms with van der Waals surface area (Å²) in [6.45, 7) is -0.382. The standard InChI is InChI=1S/C31H33F2N3O7S/c1-42-23-8-5-9-24(16-23)44(40,41)35(17-21-10-11-21)18-28(37)27(14-20-6-3-2-4-7-20)34-30(38)29-19-36(31(39)43-29)22-12-13-25(32)26(33)15-22/h2-9,12-13,15-16,21,27-29,37H,10-11,14,17-19H2,1H3,(H,34,38)/t27-,28+,29-/m0/s1. The molecule has 13 heteroatoms. The predicted molar refractivity (Wildman–Crippen MR) is 157 cm³/mol. The van der Waals surface area contributed by atoms with E-state index in [4.69, 9.17) is 9.47 Å². The number of ether oxygens (including phenoxy) is 2. The molecule has 3 aromatic rings. The van der Waals surface area contributed by atoms with Crippen LogP contribution >= 0.6 is 0 Å². The van der Waals surface area contributed by atoms with Gasteiger partial charge >= 0.3 is 6.09 Å². The van der Waals surface area contributed by atoms with Crippen LogP contribution in [0.4, 0.5) is 19.3 Å². The highest BCUT2D eigenvalue weighted by atomic mass is 32.2. The van der Waals surface area contributed by atoms with Gasteiger partial charge in [0.15, 0.2) is 17.7 Å². The van der Waals surface area contributed by atoms with Crippen LogP contribution in [0.15, 0.2) is 77.7 Å². The number of anilines is 1.